The van der Waals surface area contributed by atoms with Gasteiger partial charge in [0.1, 0.15) is 17.3 Å². The quantitative estimate of drug-likeness (QED) is 0.787. The zero-order valence-corrected chi connectivity index (χ0v) is 16.7. The molecular formula is C22H24FN3O4. The number of methoxy groups -OCH3 is 1. The highest BCUT2D eigenvalue weighted by Crippen LogP contribution is 2.54. The Morgan fingerprint density at radius 1 is 1.40 bits per heavy atom. The van der Waals surface area contributed by atoms with Crippen LogP contribution in [0.4, 0.5) is 4.39 Å². The lowest BCUT2D eigenvalue weighted by Crippen LogP contribution is -2.42. The van der Waals surface area contributed by atoms with E-state index in [1.165, 1.54) is 25.3 Å². The van der Waals surface area contributed by atoms with Crippen LogP contribution in [-0.2, 0) is 4.74 Å². The monoisotopic (exact) mass is 413 g/mol. The number of halogens is 1. The number of amides is 2. The Labute approximate surface area is 173 Å². The Kier molecular flexibility index (Phi) is 4.54. The van der Waals surface area contributed by atoms with E-state index in [0.29, 0.717) is 31.1 Å². The van der Waals surface area contributed by atoms with Gasteiger partial charge in [-0.2, -0.15) is 0 Å². The molecule has 0 saturated carbocycles. The van der Waals surface area contributed by atoms with Crippen molar-refractivity contribution in [3.63, 3.8) is 0 Å². The molecule has 3 aliphatic rings. The molecule has 3 fully saturated rings. The van der Waals surface area contributed by atoms with Gasteiger partial charge in [-0.3, -0.25) is 9.59 Å². The molecule has 3 aliphatic heterocycles. The summed E-state index contributed by atoms with van der Waals surface area (Å²) in [6.07, 6.45) is 3.63. The normalized spacial score (nSPS) is 29.1. The third-order valence-electron chi connectivity index (χ3n) is 6.80. The fraction of sp³-hybridized carbons (Fsp3) is 0.455. The van der Waals surface area contributed by atoms with Crippen LogP contribution in [0.3, 0.4) is 0 Å². The van der Waals surface area contributed by atoms with E-state index in [1.54, 1.807) is 23.2 Å². The van der Waals surface area contributed by atoms with E-state index in [-0.39, 0.29) is 40.9 Å². The van der Waals surface area contributed by atoms with Crippen molar-refractivity contribution in [1.29, 1.82) is 0 Å². The van der Waals surface area contributed by atoms with E-state index in [1.807, 2.05) is 0 Å². The number of likely N-dealkylation sites (tertiary alicyclic amines) is 1. The summed E-state index contributed by atoms with van der Waals surface area (Å²) in [7, 11) is 1.47. The lowest BCUT2D eigenvalue weighted by Gasteiger charge is -2.29. The number of fused-ring (bicyclic) bond motifs is 1. The highest BCUT2D eigenvalue weighted by molar-refractivity contribution is 5.97. The first-order valence-corrected chi connectivity index (χ1v) is 10.2. The van der Waals surface area contributed by atoms with Crippen molar-refractivity contribution in [2.75, 3.05) is 26.7 Å². The maximum atomic E-state index is 13.8. The molecule has 1 aromatic heterocycles. The highest BCUT2D eigenvalue weighted by atomic mass is 19.1. The number of ether oxygens (including phenoxy) is 2. The van der Waals surface area contributed by atoms with Crippen molar-refractivity contribution in [3.05, 3.63) is 53.6 Å². The first kappa shape index (κ1) is 19.1. The fourth-order valence-electron chi connectivity index (χ4n) is 5.41. The SMILES string of the molecule is COc1ccc(F)cc1C(=O)N1C[C@@H]2[C@H](CNC(=O)c3ccc[nH]3)[C@H]3CC[C@]2(C1)O3. The number of hydrogen-bond donors (Lipinski definition) is 2. The van der Waals surface area contributed by atoms with Crippen LogP contribution in [0.1, 0.15) is 33.7 Å². The molecule has 4 atom stereocenters. The molecule has 30 heavy (non-hydrogen) atoms. The Bertz CT molecular complexity index is 979. The molecule has 2 aromatic rings. The molecule has 0 unspecified atom stereocenters. The number of hydrogen-bond acceptors (Lipinski definition) is 4. The number of rotatable bonds is 5. The van der Waals surface area contributed by atoms with Crippen LogP contribution in [-0.4, -0.2) is 60.1 Å². The van der Waals surface area contributed by atoms with E-state index in [0.717, 1.165) is 12.8 Å². The van der Waals surface area contributed by atoms with Gasteiger partial charge in [-0.25, -0.2) is 4.39 Å². The lowest BCUT2D eigenvalue weighted by atomic mass is 9.73. The summed E-state index contributed by atoms with van der Waals surface area (Å²) in [5.41, 5.74) is 0.373. The Hall–Kier alpha value is -2.87. The fourth-order valence-corrected chi connectivity index (χ4v) is 5.41. The summed E-state index contributed by atoms with van der Waals surface area (Å²) in [5, 5.41) is 3.00. The van der Waals surface area contributed by atoms with Crippen molar-refractivity contribution in [2.45, 2.75) is 24.5 Å². The molecule has 1 aromatic carbocycles. The summed E-state index contributed by atoms with van der Waals surface area (Å²) in [5.74, 6) is -0.230. The standard InChI is InChI=1S/C22H24FN3O4/c1-29-18-5-4-13(23)9-14(18)21(28)26-11-16-15(19-6-7-22(16,12-26)30-19)10-25-20(27)17-3-2-8-24-17/h2-5,8-9,15-16,19,24H,6-7,10-12H2,1H3,(H,25,27)/t15-,16+,19+,22+/m0/s1. The molecule has 0 aliphatic carbocycles. The minimum Gasteiger partial charge on any atom is -0.496 e. The predicted molar refractivity (Wildman–Crippen MR) is 106 cm³/mol. The summed E-state index contributed by atoms with van der Waals surface area (Å²) in [6, 6.07) is 7.49. The third-order valence-corrected chi connectivity index (χ3v) is 6.80. The summed E-state index contributed by atoms with van der Waals surface area (Å²) >= 11 is 0. The van der Waals surface area contributed by atoms with Gasteiger partial charge in [-0.1, -0.05) is 0 Å². The van der Waals surface area contributed by atoms with Crippen LogP contribution >= 0.6 is 0 Å². The average molecular weight is 413 g/mol. The molecule has 7 nitrogen and oxygen atoms in total. The van der Waals surface area contributed by atoms with Crippen molar-refractivity contribution in [3.8, 4) is 5.75 Å². The summed E-state index contributed by atoms with van der Waals surface area (Å²) < 4.78 is 25.4. The van der Waals surface area contributed by atoms with Gasteiger partial charge in [-0.15, -0.1) is 0 Å². The van der Waals surface area contributed by atoms with Gasteiger partial charge in [-0.05, 0) is 43.2 Å². The van der Waals surface area contributed by atoms with Crippen molar-refractivity contribution >= 4 is 11.8 Å². The van der Waals surface area contributed by atoms with Crippen molar-refractivity contribution in [1.82, 2.24) is 15.2 Å². The first-order chi connectivity index (χ1) is 14.5. The molecule has 2 bridgehead atoms. The number of benzene rings is 1. The van der Waals surface area contributed by atoms with Crippen molar-refractivity contribution < 1.29 is 23.5 Å². The summed E-state index contributed by atoms with van der Waals surface area (Å²) in [4.78, 5) is 30.1. The molecule has 0 radical (unpaired) electrons. The van der Waals surface area contributed by atoms with Crippen LogP contribution in [0.5, 0.6) is 5.75 Å². The molecule has 3 saturated heterocycles. The van der Waals surface area contributed by atoms with Crippen LogP contribution in [0.2, 0.25) is 0 Å². The number of carbonyl (C=O) groups is 2. The van der Waals surface area contributed by atoms with Crippen LogP contribution in [0.15, 0.2) is 36.5 Å². The number of nitrogens with one attached hydrogen (secondary N) is 2. The maximum absolute atomic E-state index is 13.8. The Morgan fingerprint density at radius 2 is 2.27 bits per heavy atom. The van der Waals surface area contributed by atoms with E-state index >= 15 is 0 Å². The molecule has 8 heteroatoms. The van der Waals surface area contributed by atoms with Crippen LogP contribution in [0.25, 0.3) is 0 Å². The Morgan fingerprint density at radius 3 is 3.03 bits per heavy atom. The summed E-state index contributed by atoms with van der Waals surface area (Å²) in [6.45, 7) is 1.51. The van der Waals surface area contributed by atoms with Gasteiger partial charge in [0.05, 0.1) is 30.9 Å². The molecule has 5 rings (SSSR count). The number of aromatic nitrogens is 1. The average Bonchev–Trinajstić information content (AvgIpc) is 3.52. The van der Waals surface area contributed by atoms with Crippen LogP contribution in [0, 0.1) is 17.7 Å². The number of nitrogens with zero attached hydrogens (tertiary/aromatic N) is 1. The second-order valence-corrected chi connectivity index (χ2v) is 8.35. The minimum atomic E-state index is -0.473. The van der Waals surface area contributed by atoms with Gasteiger partial charge in [0, 0.05) is 31.1 Å². The molecular weight excluding hydrogens is 389 g/mol. The van der Waals surface area contributed by atoms with Gasteiger partial charge >= 0.3 is 0 Å². The number of aromatic amines is 1. The second-order valence-electron chi connectivity index (χ2n) is 8.35. The largest absolute Gasteiger partial charge is 0.496 e. The maximum Gasteiger partial charge on any atom is 0.267 e. The topological polar surface area (TPSA) is 83.7 Å². The number of carbonyl (C=O) groups excluding carboxylic acids is 2. The van der Waals surface area contributed by atoms with Gasteiger partial charge in [0.15, 0.2) is 0 Å². The molecule has 4 heterocycles. The predicted octanol–water partition coefficient (Wildman–Crippen LogP) is 2.21. The van der Waals surface area contributed by atoms with E-state index in [4.69, 9.17) is 9.47 Å². The van der Waals surface area contributed by atoms with E-state index < -0.39 is 5.82 Å². The zero-order valence-electron chi connectivity index (χ0n) is 16.7. The van der Waals surface area contributed by atoms with Gasteiger partial charge in [0.2, 0.25) is 0 Å². The van der Waals surface area contributed by atoms with Crippen LogP contribution < -0.4 is 10.1 Å². The molecule has 1 spiro atoms. The molecule has 158 valence electrons. The first-order valence-electron chi connectivity index (χ1n) is 10.2. The van der Waals surface area contributed by atoms with Crippen molar-refractivity contribution in [2.24, 2.45) is 11.8 Å². The minimum absolute atomic E-state index is 0.0971. The van der Waals surface area contributed by atoms with Gasteiger partial charge < -0.3 is 24.7 Å². The highest BCUT2D eigenvalue weighted by Gasteiger charge is 2.63. The molecule has 2 N–H and O–H groups in total. The van der Waals surface area contributed by atoms with E-state index in [9.17, 15) is 14.0 Å². The number of H-pyrrole nitrogens is 1. The Balaban J connectivity index is 1.32. The van der Waals surface area contributed by atoms with Gasteiger partial charge in [0.25, 0.3) is 11.8 Å². The molecule has 2 amide bonds. The zero-order chi connectivity index (χ0) is 20.9. The second kappa shape index (κ2) is 7.12. The lowest BCUT2D eigenvalue weighted by molar-refractivity contribution is 0.00313. The van der Waals surface area contributed by atoms with E-state index in [2.05, 4.69) is 10.3 Å². The smallest absolute Gasteiger partial charge is 0.267 e. The third kappa shape index (κ3) is 2.98.